The monoisotopic (exact) mass is 312 g/mol. The smallest absolute Gasteiger partial charge is 0.320 e. The van der Waals surface area contributed by atoms with Gasteiger partial charge in [0.25, 0.3) is 0 Å². The summed E-state index contributed by atoms with van der Waals surface area (Å²) in [7, 11) is 0. The van der Waals surface area contributed by atoms with E-state index in [1.807, 2.05) is 31.2 Å². The van der Waals surface area contributed by atoms with E-state index in [9.17, 15) is 14.7 Å². The number of likely N-dealkylation sites (tertiary alicyclic amines) is 1. The molecule has 1 saturated heterocycles. The predicted molar refractivity (Wildman–Crippen MR) is 83.9 cm³/mol. The summed E-state index contributed by atoms with van der Waals surface area (Å²) in [4.78, 5) is 25.0. The van der Waals surface area contributed by atoms with Gasteiger partial charge in [0.05, 0.1) is 6.54 Å². The fraction of sp³-hybridized carbons (Fsp3) is 0.467. The molecule has 1 aromatic carbocycles. The number of carboxylic acid groups (broad SMARTS) is 1. The number of nitrogens with one attached hydrogen (secondary N) is 1. The van der Waals surface area contributed by atoms with Crippen LogP contribution >= 0.6 is 12.4 Å². The summed E-state index contributed by atoms with van der Waals surface area (Å²) in [5.74, 6) is -0.999. The Bertz CT molecular complexity index is 507. The van der Waals surface area contributed by atoms with Crippen LogP contribution in [0.4, 0.5) is 5.69 Å². The number of rotatable bonds is 4. The van der Waals surface area contributed by atoms with Crippen molar-refractivity contribution in [2.75, 3.05) is 18.4 Å². The number of nitrogens with zero attached hydrogens (tertiary/aromatic N) is 1. The molecule has 21 heavy (non-hydrogen) atoms. The molecule has 1 heterocycles. The van der Waals surface area contributed by atoms with Crippen molar-refractivity contribution in [2.45, 2.75) is 32.2 Å². The molecular formula is C15H21ClN2O3. The zero-order valence-electron chi connectivity index (χ0n) is 12.0. The Morgan fingerprint density at radius 3 is 2.71 bits per heavy atom. The molecule has 1 aliphatic heterocycles. The molecule has 0 saturated carbocycles. The second-order valence-electron chi connectivity index (χ2n) is 5.18. The number of carbonyl (C=O) groups is 2. The van der Waals surface area contributed by atoms with E-state index < -0.39 is 12.0 Å². The first-order chi connectivity index (χ1) is 9.58. The number of para-hydroxylation sites is 1. The van der Waals surface area contributed by atoms with E-state index in [4.69, 9.17) is 0 Å². The molecule has 2 rings (SSSR count). The van der Waals surface area contributed by atoms with Crippen molar-refractivity contribution in [2.24, 2.45) is 0 Å². The highest BCUT2D eigenvalue weighted by atomic mass is 35.5. The molecule has 1 aliphatic rings. The maximum absolute atomic E-state index is 12.1. The van der Waals surface area contributed by atoms with Crippen LogP contribution in [0.15, 0.2) is 24.3 Å². The lowest BCUT2D eigenvalue weighted by molar-refractivity contribution is -0.145. The van der Waals surface area contributed by atoms with Crippen molar-refractivity contribution in [3.8, 4) is 0 Å². The van der Waals surface area contributed by atoms with E-state index in [1.165, 1.54) is 0 Å². The van der Waals surface area contributed by atoms with Crippen LogP contribution in [-0.2, 0) is 9.59 Å². The summed E-state index contributed by atoms with van der Waals surface area (Å²) < 4.78 is 0. The number of hydrogen-bond acceptors (Lipinski definition) is 3. The minimum atomic E-state index is -0.839. The first-order valence-corrected chi connectivity index (χ1v) is 6.90. The minimum Gasteiger partial charge on any atom is -0.480 e. The Morgan fingerprint density at radius 1 is 1.33 bits per heavy atom. The van der Waals surface area contributed by atoms with Crippen LogP contribution < -0.4 is 5.32 Å². The van der Waals surface area contributed by atoms with Gasteiger partial charge in [-0.25, -0.2) is 0 Å². The Hall–Kier alpha value is -1.59. The summed E-state index contributed by atoms with van der Waals surface area (Å²) in [5, 5.41) is 12.0. The van der Waals surface area contributed by atoms with Crippen molar-refractivity contribution in [3.63, 3.8) is 0 Å². The largest absolute Gasteiger partial charge is 0.480 e. The number of carboxylic acids is 1. The van der Waals surface area contributed by atoms with E-state index in [0.717, 1.165) is 24.1 Å². The fourth-order valence-corrected chi connectivity index (χ4v) is 2.55. The summed E-state index contributed by atoms with van der Waals surface area (Å²) in [6.45, 7) is 2.72. The number of carbonyl (C=O) groups excluding carboxylic acids is 1. The molecule has 2 N–H and O–H groups in total. The van der Waals surface area contributed by atoms with Crippen LogP contribution in [0, 0.1) is 6.92 Å². The maximum Gasteiger partial charge on any atom is 0.320 e. The molecule has 116 valence electrons. The fourth-order valence-electron chi connectivity index (χ4n) is 2.55. The molecule has 0 aromatic heterocycles. The van der Waals surface area contributed by atoms with Gasteiger partial charge in [-0.2, -0.15) is 0 Å². The molecule has 1 amide bonds. The van der Waals surface area contributed by atoms with Crippen LogP contribution in [0.1, 0.15) is 24.8 Å². The van der Waals surface area contributed by atoms with Gasteiger partial charge in [0.2, 0.25) is 5.91 Å². The van der Waals surface area contributed by atoms with Gasteiger partial charge in [-0.15, -0.1) is 12.4 Å². The lowest BCUT2D eigenvalue weighted by Gasteiger charge is -2.32. The minimum absolute atomic E-state index is 0. The van der Waals surface area contributed by atoms with Crippen molar-refractivity contribution >= 4 is 30.0 Å². The van der Waals surface area contributed by atoms with Gasteiger partial charge in [0, 0.05) is 5.69 Å². The Balaban J connectivity index is 0.00000220. The van der Waals surface area contributed by atoms with Gasteiger partial charge in [0.15, 0.2) is 0 Å². The lowest BCUT2D eigenvalue weighted by Crippen LogP contribution is -2.47. The van der Waals surface area contributed by atoms with Crippen molar-refractivity contribution in [1.82, 2.24) is 4.90 Å². The highest BCUT2D eigenvalue weighted by Gasteiger charge is 2.29. The topological polar surface area (TPSA) is 69.6 Å². The molecule has 0 aliphatic carbocycles. The number of piperidine rings is 1. The van der Waals surface area contributed by atoms with E-state index in [-0.39, 0.29) is 24.9 Å². The molecule has 0 radical (unpaired) electrons. The summed E-state index contributed by atoms with van der Waals surface area (Å²) in [6.07, 6.45) is 2.47. The molecule has 6 heteroatoms. The van der Waals surface area contributed by atoms with Crippen LogP contribution in [0.25, 0.3) is 0 Å². The van der Waals surface area contributed by atoms with Crippen LogP contribution in [0.2, 0.25) is 0 Å². The summed E-state index contributed by atoms with van der Waals surface area (Å²) >= 11 is 0. The van der Waals surface area contributed by atoms with E-state index in [0.29, 0.717) is 13.0 Å². The highest BCUT2D eigenvalue weighted by Crippen LogP contribution is 2.18. The molecule has 1 aromatic rings. The van der Waals surface area contributed by atoms with Crippen molar-refractivity contribution < 1.29 is 14.7 Å². The number of benzene rings is 1. The van der Waals surface area contributed by atoms with E-state index >= 15 is 0 Å². The maximum atomic E-state index is 12.1. The third-order valence-electron chi connectivity index (χ3n) is 3.66. The second-order valence-corrected chi connectivity index (χ2v) is 5.18. The number of aliphatic carboxylic acids is 1. The molecular weight excluding hydrogens is 292 g/mol. The van der Waals surface area contributed by atoms with Gasteiger partial charge < -0.3 is 10.4 Å². The van der Waals surface area contributed by atoms with Gasteiger partial charge >= 0.3 is 5.97 Å². The van der Waals surface area contributed by atoms with E-state index in [1.54, 1.807) is 4.90 Å². The van der Waals surface area contributed by atoms with Crippen molar-refractivity contribution in [3.05, 3.63) is 29.8 Å². The first-order valence-electron chi connectivity index (χ1n) is 6.90. The average Bonchev–Trinajstić information content (AvgIpc) is 2.41. The van der Waals surface area contributed by atoms with Gasteiger partial charge in [-0.05, 0) is 37.9 Å². The Labute approximate surface area is 130 Å². The van der Waals surface area contributed by atoms with Gasteiger partial charge in [0.1, 0.15) is 6.04 Å². The van der Waals surface area contributed by atoms with Crippen LogP contribution in [-0.4, -0.2) is 41.0 Å². The van der Waals surface area contributed by atoms with Crippen LogP contribution in [0.5, 0.6) is 0 Å². The number of aryl methyl sites for hydroxylation is 1. The molecule has 5 nitrogen and oxygen atoms in total. The van der Waals surface area contributed by atoms with Crippen molar-refractivity contribution in [1.29, 1.82) is 0 Å². The third-order valence-corrected chi connectivity index (χ3v) is 3.66. The summed E-state index contributed by atoms with van der Waals surface area (Å²) in [6, 6.07) is 7.01. The third kappa shape index (κ3) is 4.72. The number of hydrogen-bond donors (Lipinski definition) is 2. The number of amides is 1. The Kier molecular flexibility index (Phi) is 6.65. The normalized spacial score (nSPS) is 18.6. The molecule has 1 unspecified atom stereocenters. The molecule has 0 bridgehead atoms. The average molecular weight is 313 g/mol. The van der Waals surface area contributed by atoms with Crippen LogP contribution in [0.3, 0.4) is 0 Å². The lowest BCUT2D eigenvalue weighted by atomic mass is 10.0. The van der Waals surface area contributed by atoms with Gasteiger partial charge in [-0.3, -0.25) is 14.5 Å². The van der Waals surface area contributed by atoms with Gasteiger partial charge in [-0.1, -0.05) is 24.6 Å². The zero-order chi connectivity index (χ0) is 14.5. The van der Waals surface area contributed by atoms with E-state index in [2.05, 4.69) is 5.32 Å². The quantitative estimate of drug-likeness (QED) is 0.895. The molecule has 1 fully saturated rings. The summed E-state index contributed by atoms with van der Waals surface area (Å²) in [5.41, 5.74) is 1.77. The molecule has 1 atom stereocenters. The first kappa shape index (κ1) is 17.5. The highest BCUT2D eigenvalue weighted by molar-refractivity contribution is 5.93. The second kappa shape index (κ2) is 8.00. The standard InChI is InChI=1S/C15H20N2O3.ClH/c1-11-6-2-3-7-12(11)16-14(18)10-17-9-5-4-8-13(17)15(19)20;/h2-3,6-7,13H,4-5,8-10H2,1H3,(H,16,18)(H,19,20);1H. The molecule has 0 spiro atoms. The number of anilines is 1. The Morgan fingerprint density at radius 2 is 2.05 bits per heavy atom. The number of halogens is 1. The zero-order valence-corrected chi connectivity index (χ0v) is 12.9. The SMILES string of the molecule is Cc1ccccc1NC(=O)CN1CCCCC1C(=O)O.Cl. The predicted octanol–water partition coefficient (Wildman–Crippen LogP) is 2.29.